The molecule has 0 spiro atoms. The number of benzene rings is 2. The van der Waals surface area contributed by atoms with Gasteiger partial charge in [-0.05, 0) is 61.7 Å². The number of amides is 1. The molecular formula is C20H23FN2O3. The Morgan fingerprint density at radius 2 is 1.85 bits per heavy atom. The lowest BCUT2D eigenvalue weighted by Crippen LogP contribution is -2.39. The summed E-state index contributed by atoms with van der Waals surface area (Å²) in [6.45, 7) is 1.80. The van der Waals surface area contributed by atoms with E-state index in [1.54, 1.807) is 0 Å². The number of hydrogen-bond acceptors (Lipinski definition) is 4. The smallest absolute Gasteiger partial charge is 0.254 e. The third-order valence-electron chi connectivity index (χ3n) is 4.33. The molecule has 0 aromatic heterocycles. The Bertz CT molecular complexity index is 743. The molecule has 1 fully saturated rings. The molecule has 1 saturated heterocycles. The van der Waals surface area contributed by atoms with E-state index in [1.165, 1.54) is 18.2 Å². The first-order valence-electron chi connectivity index (χ1n) is 8.81. The van der Waals surface area contributed by atoms with E-state index in [2.05, 4.69) is 5.32 Å². The fraction of sp³-hybridized carbons (Fsp3) is 0.350. The lowest BCUT2D eigenvalue weighted by atomic mass is 10.1. The van der Waals surface area contributed by atoms with Gasteiger partial charge in [-0.15, -0.1) is 0 Å². The van der Waals surface area contributed by atoms with Crippen LogP contribution >= 0.6 is 0 Å². The second-order valence-electron chi connectivity index (χ2n) is 6.29. The minimum Gasteiger partial charge on any atom is -0.457 e. The topological polar surface area (TPSA) is 73.6 Å². The molecule has 1 aliphatic rings. The van der Waals surface area contributed by atoms with Gasteiger partial charge in [0.25, 0.3) is 5.91 Å². The van der Waals surface area contributed by atoms with Crippen LogP contribution in [0.1, 0.15) is 28.8 Å². The number of nitrogens with one attached hydrogen (secondary N) is 1. The van der Waals surface area contributed by atoms with Crippen LogP contribution in [0.5, 0.6) is 11.5 Å². The molecule has 3 rings (SSSR count). The van der Waals surface area contributed by atoms with Crippen LogP contribution in [0.2, 0.25) is 0 Å². The molecule has 2 aromatic rings. The van der Waals surface area contributed by atoms with Crippen molar-refractivity contribution in [1.29, 1.82) is 0 Å². The highest BCUT2D eigenvalue weighted by Crippen LogP contribution is 2.24. The molecule has 0 aliphatic carbocycles. The molecular weight excluding hydrogens is 335 g/mol. The third kappa shape index (κ3) is 4.80. The normalized spacial score (nSPS) is 14.8. The molecule has 5 nitrogen and oxygen atoms in total. The average Bonchev–Trinajstić information content (AvgIpc) is 2.66. The summed E-state index contributed by atoms with van der Waals surface area (Å²) in [5.74, 6) is 0.0293. The summed E-state index contributed by atoms with van der Waals surface area (Å²) in [7, 11) is 0. The summed E-state index contributed by atoms with van der Waals surface area (Å²) in [6, 6.07) is 11.7. The van der Waals surface area contributed by atoms with Gasteiger partial charge in [-0.3, -0.25) is 4.79 Å². The maximum Gasteiger partial charge on any atom is 0.254 e. The molecule has 0 saturated carbocycles. The molecule has 138 valence electrons. The minimum absolute atomic E-state index is 0.00955. The van der Waals surface area contributed by atoms with Crippen LogP contribution in [-0.2, 0) is 11.2 Å². The van der Waals surface area contributed by atoms with Gasteiger partial charge in [0.1, 0.15) is 17.3 Å². The van der Waals surface area contributed by atoms with Crippen LogP contribution in [-0.4, -0.2) is 31.7 Å². The van der Waals surface area contributed by atoms with E-state index < -0.39 is 11.7 Å². The van der Waals surface area contributed by atoms with Crippen molar-refractivity contribution in [1.82, 2.24) is 5.32 Å². The van der Waals surface area contributed by atoms with E-state index in [0.29, 0.717) is 31.3 Å². The molecule has 3 N–H and O–H groups in total. The van der Waals surface area contributed by atoms with Crippen molar-refractivity contribution < 1.29 is 18.7 Å². The van der Waals surface area contributed by atoms with E-state index in [-0.39, 0.29) is 11.6 Å². The van der Waals surface area contributed by atoms with Crippen LogP contribution in [0.15, 0.2) is 42.5 Å². The van der Waals surface area contributed by atoms with Gasteiger partial charge in [-0.1, -0.05) is 12.1 Å². The highest BCUT2D eigenvalue weighted by Gasteiger charge is 2.19. The summed E-state index contributed by atoms with van der Waals surface area (Å²) < 4.78 is 25.1. The van der Waals surface area contributed by atoms with Crippen molar-refractivity contribution in [2.24, 2.45) is 5.73 Å². The molecule has 1 aliphatic heterocycles. The molecule has 1 amide bonds. The lowest BCUT2D eigenvalue weighted by molar-refractivity contribution is 0.0694. The Labute approximate surface area is 152 Å². The van der Waals surface area contributed by atoms with Gasteiger partial charge in [-0.2, -0.15) is 0 Å². The minimum atomic E-state index is -0.569. The average molecular weight is 358 g/mol. The summed E-state index contributed by atoms with van der Waals surface area (Å²) in [5.41, 5.74) is 6.64. The number of carbonyl (C=O) groups is 1. The second-order valence-corrected chi connectivity index (χ2v) is 6.29. The zero-order chi connectivity index (χ0) is 18.4. The highest BCUT2D eigenvalue weighted by molar-refractivity contribution is 5.95. The van der Waals surface area contributed by atoms with Gasteiger partial charge < -0.3 is 20.5 Å². The summed E-state index contributed by atoms with van der Waals surface area (Å²) in [4.78, 5) is 12.4. The largest absolute Gasteiger partial charge is 0.457 e. The Morgan fingerprint density at radius 3 is 2.54 bits per heavy atom. The highest BCUT2D eigenvalue weighted by atomic mass is 19.1. The van der Waals surface area contributed by atoms with E-state index in [1.807, 2.05) is 24.3 Å². The maximum atomic E-state index is 14.1. The Hall–Kier alpha value is -2.44. The number of hydrogen-bond donors (Lipinski definition) is 2. The zero-order valence-corrected chi connectivity index (χ0v) is 14.5. The van der Waals surface area contributed by atoms with Crippen LogP contribution < -0.4 is 15.8 Å². The van der Waals surface area contributed by atoms with Crippen LogP contribution in [0.25, 0.3) is 0 Å². The monoisotopic (exact) mass is 358 g/mol. The van der Waals surface area contributed by atoms with Crippen molar-refractivity contribution in [3.05, 3.63) is 59.4 Å². The van der Waals surface area contributed by atoms with Crippen LogP contribution in [0.3, 0.4) is 0 Å². The molecule has 0 radical (unpaired) electrons. The van der Waals surface area contributed by atoms with Gasteiger partial charge in [0, 0.05) is 19.3 Å². The van der Waals surface area contributed by atoms with Crippen LogP contribution in [0, 0.1) is 5.82 Å². The fourth-order valence-electron chi connectivity index (χ4n) is 2.87. The number of nitrogens with two attached hydrogens (primary N) is 1. The number of carbonyl (C=O) groups excluding carboxylic acids is 1. The van der Waals surface area contributed by atoms with Crippen molar-refractivity contribution >= 4 is 5.91 Å². The second kappa shape index (κ2) is 8.78. The predicted molar refractivity (Wildman–Crippen MR) is 97.0 cm³/mol. The summed E-state index contributed by atoms with van der Waals surface area (Å²) in [6.07, 6.45) is 2.27. The van der Waals surface area contributed by atoms with E-state index in [4.69, 9.17) is 15.2 Å². The fourth-order valence-corrected chi connectivity index (χ4v) is 2.87. The summed E-state index contributed by atoms with van der Waals surface area (Å²) in [5, 5.41) is 2.86. The molecule has 0 atom stereocenters. The molecule has 26 heavy (non-hydrogen) atoms. The first-order valence-corrected chi connectivity index (χ1v) is 8.81. The lowest BCUT2D eigenvalue weighted by Gasteiger charge is -2.23. The Balaban J connectivity index is 1.69. The molecule has 0 unspecified atom stereocenters. The van der Waals surface area contributed by atoms with Gasteiger partial charge in [-0.25, -0.2) is 4.39 Å². The van der Waals surface area contributed by atoms with Crippen molar-refractivity contribution in [3.8, 4) is 11.5 Å². The van der Waals surface area contributed by atoms with E-state index >= 15 is 0 Å². The molecule has 0 bridgehead atoms. The van der Waals surface area contributed by atoms with Crippen LogP contribution in [0.4, 0.5) is 4.39 Å². The number of halogens is 1. The third-order valence-corrected chi connectivity index (χ3v) is 4.33. The molecule has 2 aromatic carbocycles. The predicted octanol–water partition coefficient (Wildman–Crippen LogP) is 3.03. The maximum absolute atomic E-state index is 14.1. The van der Waals surface area contributed by atoms with Gasteiger partial charge in [0.2, 0.25) is 0 Å². The zero-order valence-electron chi connectivity index (χ0n) is 14.5. The van der Waals surface area contributed by atoms with E-state index in [0.717, 1.165) is 24.8 Å². The Morgan fingerprint density at radius 1 is 1.15 bits per heavy atom. The number of ether oxygens (including phenoxy) is 2. The van der Waals surface area contributed by atoms with Crippen molar-refractivity contribution in [2.45, 2.75) is 25.3 Å². The van der Waals surface area contributed by atoms with Crippen molar-refractivity contribution in [2.75, 3.05) is 19.8 Å². The van der Waals surface area contributed by atoms with Gasteiger partial charge in [0.15, 0.2) is 0 Å². The van der Waals surface area contributed by atoms with Gasteiger partial charge >= 0.3 is 0 Å². The van der Waals surface area contributed by atoms with Crippen molar-refractivity contribution in [3.63, 3.8) is 0 Å². The Kier molecular flexibility index (Phi) is 6.20. The van der Waals surface area contributed by atoms with E-state index in [9.17, 15) is 9.18 Å². The quantitative estimate of drug-likeness (QED) is 0.832. The first kappa shape index (κ1) is 18.4. The molecule has 1 heterocycles. The summed E-state index contributed by atoms with van der Waals surface area (Å²) >= 11 is 0. The van der Waals surface area contributed by atoms with Gasteiger partial charge in [0.05, 0.1) is 5.56 Å². The number of rotatable bonds is 6. The first-order chi connectivity index (χ1) is 12.7. The standard InChI is InChI=1S/C20H23FN2O3/c21-19-6-5-17(26-16-3-1-14(2-4-16)7-10-22)13-18(19)20(24)23-15-8-11-25-12-9-15/h1-6,13,15H,7-12,22H2,(H,23,24). The SMILES string of the molecule is NCCc1ccc(Oc2ccc(F)c(C(=O)NC3CCOCC3)c2)cc1. The molecule has 6 heteroatoms.